The van der Waals surface area contributed by atoms with Crippen molar-refractivity contribution in [3.63, 3.8) is 0 Å². The van der Waals surface area contributed by atoms with E-state index < -0.39 is 11.6 Å². The van der Waals surface area contributed by atoms with E-state index in [2.05, 4.69) is 15.5 Å². The maximum atomic E-state index is 12.9. The molecule has 1 spiro atoms. The Labute approximate surface area is 205 Å². The number of rotatable bonds is 9. The molecule has 2 N–H and O–H groups in total. The van der Waals surface area contributed by atoms with Gasteiger partial charge in [0.25, 0.3) is 5.91 Å². The first-order chi connectivity index (χ1) is 16.0. The molecule has 0 radical (unpaired) electrons. The predicted molar refractivity (Wildman–Crippen MR) is 130 cm³/mol. The molecule has 34 heavy (non-hydrogen) atoms. The van der Waals surface area contributed by atoms with E-state index in [1.807, 2.05) is 30.3 Å². The van der Waals surface area contributed by atoms with Crippen LogP contribution in [-0.2, 0) is 4.79 Å². The van der Waals surface area contributed by atoms with Gasteiger partial charge in [-0.3, -0.25) is 14.9 Å². The lowest BCUT2D eigenvalue weighted by atomic mass is 9.87. The van der Waals surface area contributed by atoms with Crippen LogP contribution in [0.25, 0.3) is 0 Å². The van der Waals surface area contributed by atoms with E-state index >= 15 is 0 Å². The van der Waals surface area contributed by atoms with Crippen LogP contribution in [0, 0.1) is 0 Å². The number of hydrogen-bond acceptors (Lipinski definition) is 6. The zero-order valence-corrected chi connectivity index (χ0v) is 20.0. The number of para-hydroxylation sites is 1. The van der Waals surface area contributed by atoms with Crippen molar-refractivity contribution in [1.29, 1.82) is 0 Å². The molecule has 182 valence electrons. The van der Waals surface area contributed by atoms with Gasteiger partial charge in [-0.15, -0.1) is 12.4 Å². The van der Waals surface area contributed by atoms with Crippen LogP contribution in [0.1, 0.15) is 42.5 Å². The molecule has 9 heteroatoms. The van der Waals surface area contributed by atoms with Crippen LogP contribution in [0.4, 0.5) is 4.79 Å². The van der Waals surface area contributed by atoms with E-state index in [1.54, 1.807) is 25.3 Å². The highest BCUT2D eigenvalue weighted by Crippen LogP contribution is 2.29. The number of Topliss-reactive ketones (excluding diaryl/α,β-unsaturated/α-hetero) is 1. The van der Waals surface area contributed by atoms with Crippen molar-refractivity contribution in [2.24, 2.45) is 0 Å². The molecular weight excluding hydrogens is 458 g/mol. The van der Waals surface area contributed by atoms with E-state index in [9.17, 15) is 14.4 Å². The maximum Gasteiger partial charge on any atom is 0.322 e. The van der Waals surface area contributed by atoms with Gasteiger partial charge >= 0.3 is 6.03 Å². The summed E-state index contributed by atoms with van der Waals surface area (Å²) in [5.74, 6) is 1.65. The number of benzene rings is 2. The van der Waals surface area contributed by atoms with Crippen LogP contribution in [0.2, 0.25) is 0 Å². The molecule has 2 fully saturated rings. The number of halogens is 1. The minimum absolute atomic E-state index is 0. The minimum atomic E-state index is -0.743. The second-order valence-corrected chi connectivity index (χ2v) is 8.49. The van der Waals surface area contributed by atoms with Crippen molar-refractivity contribution < 1.29 is 23.9 Å². The largest absolute Gasteiger partial charge is 0.496 e. The number of ketones is 1. The lowest BCUT2D eigenvalue weighted by molar-refractivity contribution is -0.125. The molecule has 2 aromatic rings. The van der Waals surface area contributed by atoms with Crippen LogP contribution in [0.5, 0.6) is 17.2 Å². The second-order valence-electron chi connectivity index (χ2n) is 8.49. The Kier molecular flexibility index (Phi) is 8.52. The molecule has 2 aromatic carbocycles. The van der Waals surface area contributed by atoms with Crippen molar-refractivity contribution in [3.8, 4) is 17.2 Å². The normalized spacial score (nSPS) is 17.0. The monoisotopic (exact) mass is 487 g/mol. The van der Waals surface area contributed by atoms with Gasteiger partial charge in [-0.25, -0.2) is 4.79 Å². The summed E-state index contributed by atoms with van der Waals surface area (Å²) in [5, 5.41) is 5.11. The van der Waals surface area contributed by atoms with Crippen molar-refractivity contribution in [2.75, 3.05) is 26.7 Å². The van der Waals surface area contributed by atoms with E-state index in [0.29, 0.717) is 42.1 Å². The number of imide groups is 1. The van der Waals surface area contributed by atoms with Crippen molar-refractivity contribution in [3.05, 3.63) is 54.1 Å². The van der Waals surface area contributed by atoms with Crippen LogP contribution in [-0.4, -0.2) is 54.9 Å². The highest BCUT2D eigenvalue weighted by molar-refractivity contribution is 6.07. The molecule has 8 nitrogen and oxygen atoms in total. The smallest absolute Gasteiger partial charge is 0.322 e. The summed E-state index contributed by atoms with van der Waals surface area (Å²) in [5.41, 5.74) is -0.221. The summed E-state index contributed by atoms with van der Waals surface area (Å²) in [4.78, 5) is 38.7. The van der Waals surface area contributed by atoms with Crippen molar-refractivity contribution in [2.45, 2.75) is 37.6 Å². The molecule has 4 rings (SSSR count). The highest BCUT2D eigenvalue weighted by Gasteiger charge is 2.47. The van der Waals surface area contributed by atoms with Gasteiger partial charge < -0.3 is 19.7 Å². The molecule has 2 saturated heterocycles. The van der Waals surface area contributed by atoms with Gasteiger partial charge in [0.05, 0.1) is 12.7 Å². The number of ether oxygens (including phenoxy) is 2. The van der Waals surface area contributed by atoms with Crippen molar-refractivity contribution in [1.82, 2.24) is 15.5 Å². The van der Waals surface area contributed by atoms with E-state index in [-0.39, 0.29) is 24.1 Å². The Morgan fingerprint density at radius 2 is 1.76 bits per heavy atom. The highest BCUT2D eigenvalue weighted by atomic mass is 35.5. The molecule has 0 bridgehead atoms. The fourth-order valence-electron chi connectivity index (χ4n) is 4.39. The summed E-state index contributed by atoms with van der Waals surface area (Å²) < 4.78 is 11.2. The van der Waals surface area contributed by atoms with Crippen LogP contribution < -0.4 is 20.1 Å². The molecule has 0 saturated carbocycles. The lowest BCUT2D eigenvalue weighted by Gasteiger charge is -2.36. The van der Waals surface area contributed by atoms with Gasteiger partial charge in [-0.2, -0.15) is 0 Å². The molecule has 2 aliphatic rings. The molecule has 0 unspecified atom stereocenters. The zero-order chi connectivity index (χ0) is 23.3. The van der Waals surface area contributed by atoms with Gasteiger partial charge in [-0.1, -0.05) is 18.2 Å². The molecule has 2 aliphatic heterocycles. The van der Waals surface area contributed by atoms with Gasteiger partial charge in [0.15, 0.2) is 5.78 Å². The Bertz CT molecular complexity index is 1020. The number of unbranched alkanes of at least 4 members (excludes halogenated alkanes) is 1. The SMILES string of the molecule is COc1ccc(Oc2ccccc2)cc1C(=O)CCCCN1CCC2(CC1)NC(=O)NC2=O.Cl. The Morgan fingerprint density at radius 1 is 1.03 bits per heavy atom. The third kappa shape index (κ3) is 5.87. The number of amides is 3. The summed E-state index contributed by atoms with van der Waals surface area (Å²) in [7, 11) is 1.56. The van der Waals surface area contributed by atoms with Gasteiger partial charge in [0, 0.05) is 19.5 Å². The van der Waals surface area contributed by atoms with E-state index in [4.69, 9.17) is 9.47 Å². The molecular formula is C25H30ClN3O5. The molecule has 0 aromatic heterocycles. The third-order valence-corrected chi connectivity index (χ3v) is 6.30. The average Bonchev–Trinajstić information content (AvgIpc) is 3.10. The summed E-state index contributed by atoms with van der Waals surface area (Å²) in [6.45, 7) is 2.34. The third-order valence-electron chi connectivity index (χ3n) is 6.30. The van der Waals surface area contributed by atoms with Gasteiger partial charge in [-0.05, 0) is 62.6 Å². The Balaban J connectivity index is 0.00000324. The lowest BCUT2D eigenvalue weighted by Crippen LogP contribution is -2.54. The minimum Gasteiger partial charge on any atom is -0.496 e. The van der Waals surface area contributed by atoms with E-state index in [1.165, 1.54) is 0 Å². The quantitative estimate of drug-likeness (QED) is 0.316. The van der Waals surface area contributed by atoms with Gasteiger partial charge in [0.2, 0.25) is 0 Å². The second kappa shape index (κ2) is 11.4. The van der Waals surface area contributed by atoms with Crippen molar-refractivity contribution >= 4 is 30.1 Å². The van der Waals surface area contributed by atoms with Crippen LogP contribution in [0.15, 0.2) is 48.5 Å². The Hall–Kier alpha value is -3.10. The standard InChI is InChI=1S/C25H29N3O5.ClH/c1-32-22-11-10-19(33-18-7-3-2-4-8-18)17-20(22)21(29)9-5-6-14-28-15-12-25(13-16-28)23(30)26-24(31)27-25;/h2-4,7-8,10-11,17H,5-6,9,12-16H2,1H3,(H2,26,27,30,31);1H. The number of likely N-dealkylation sites (tertiary alicyclic amines) is 1. The number of carbonyl (C=O) groups excluding carboxylic acids is 3. The summed E-state index contributed by atoms with van der Waals surface area (Å²) in [6, 6.07) is 14.3. The topological polar surface area (TPSA) is 97.0 Å². The maximum absolute atomic E-state index is 12.9. The van der Waals surface area contributed by atoms with Crippen LogP contribution in [0.3, 0.4) is 0 Å². The van der Waals surface area contributed by atoms with E-state index in [0.717, 1.165) is 32.5 Å². The molecule has 3 amide bonds. The molecule has 0 atom stereocenters. The number of hydrogen-bond donors (Lipinski definition) is 2. The summed E-state index contributed by atoms with van der Waals surface area (Å²) in [6.07, 6.45) is 3.26. The first-order valence-corrected chi connectivity index (χ1v) is 11.3. The number of piperidine rings is 1. The Morgan fingerprint density at radius 3 is 2.41 bits per heavy atom. The number of methoxy groups -OCH3 is 1. The van der Waals surface area contributed by atoms with Crippen LogP contribution >= 0.6 is 12.4 Å². The predicted octanol–water partition coefficient (Wildman–Crippen LogP) is 3.94. The number of urea groups is 1. The molecule has 2 heterocycles. The number of carbonyl (C=O) groups is 3. The average molecular weight is 488 g/mol. The molecule has 0 aliphatic carbocycles. The number of nitrogens with zero attached hydrogens (tertiary/aromatic N) is 1. The fourth-order valence-corrected chi connectivity index (χ4v) is 4.39. The fraction of sp³-hybridized carbons (Fsp3) is 0.400. The first kappa shape index (κ1) is 25.5. The summed E-state index contributed by atoms with van der Waals surface area (Å²) >= 11 is 0. The van der Waals surface area contributed by atoms with Gasteiger partial charge in [0.1, 0.15) is 22.8 Å². The number of nitrogens with one attached hydrogen (secondary N) is 2. The first-order valence-electron chi connectivity index (χ1n) is 11.3. The zero-order valence-electron chi connectivity index (χ0n) is 19.2.